The number of aromatic amines is 1. The van der Waals surface area contributed by atoms with E-state index in [1.54, 1.807) is 6.20 Å². The predicted octanol–water partition coefficient (Wildman–Crippen LogP) is 0.590. The van der Waals surface area contributed by atoms with Crippen molar-refractivity contribution in [1.29, 1.82) is 0 Å². The number of fused-ring (bicyclic) bond motifs is 3. The van der Waals surface area contributed by atoms with E-state index in [1.165, 1.54) is 0 Å². The van der Waals surface area contributed by atoms with Gasteiger partial charge in [0.05, 0.1) is 11.6 Å². The zero-order valence-corrected chi connectivity index (χ0v) is 6.22. The summed E-state index contributed by atoms with van der Waals surface area (Å²) < 4.78 is 0. The molecule has 1 N–H and O–H groups in total. The van der Waals surface area contributed by atoms with Gasteiger partial charge >= 0.3 is 5.91 Å². The summed E-state index contributed by atoms with van der Waals surface area (Å²) in [5.41, 5.74) is 1.14. The smallest absolute Gasteiger partial charge is 0.263 e. The number of azo groups is 1. The molecule has 13 heavy (non-hydrogen) atoms. The normalized spacial score (nSPS) is 14.0. The highest BCUT2D eigenvalue weighted by atomic mass is 16.2. The lowest BCUT2D eigenvalue weighted by Crippen LogP contribution is -1.96. The third-order valence-electron chi connectivity index (χ3n) is 1.79. The maximum atomic E-state index is 11.0. The molecule has 7 heteroatoms. The summed E-state index contributed by atoms with van der Waals surface area (Å²) in [6.07, 6.45) is 1.54. The van der Waals surface area contributed by atoms with E-state index < -0.39 is 5.91 Å². The van der Waals surface area contributed by atoms with Gasteiger partial charge < -0.3 is 0 Å². The molecule has 3 rings (SSSR count). The number of amides is 1. The number of H-pyrrole nitrogens is 1. The number of rotatable bonds is 0. The molecule has 7 nitrogen and oxygen atoms in total. The van der Waals surface area contributed by atoms with Crippen LogP contribution in [0.1, 0.15) is 10.5 Å². The average molecular weight is 174 g/mol. The van der Waals surface area contributed by atoms with Gasteiger partial charge in [-0.2, -0.15) is 5.10 Å². The number of nitrogens with zero attached hydrogens (tertiary/aromatic N) is 5. The van der Waals surface area contributed by atoms with Crippen molar-refractivity contribution in [2.75, 3.05) is 0 Å². The van der Waals surface area contributed by atoms with Gasteiger partial charge in [-0.1, -0.05) is 0 Å². The first-order chi connectivity index (χ1) is 6.36. The summed E-state index contributed by atoms with van der Waals surface area (Å²) in [6, 6.07) is 0. The number of aromatic nitrogens is 4. The summed E-state index contributed by atoms with van der Waals surface area (Å²) in [6.45, 7) is 0. The molecular formula is C6H2N6O. The van der Waals surface area contributed by atoms with Crippen molar-refractivity contribution in [2.45, 2.75) is 0 Å². The molecule has 3 heterocycles. The molecular weight excluding hydrogens is 172 g/mol. The SMILES string of the molecule is O=C1N=Nc2c1nnc1[nH]ncc21. The third-order valence-corrected chi connectivity index (χ3v) is 1.79. The summed E-state index contributed by atoms with van der Waals surface area (Å²) in [5, 5.41) is 21.6. The fraction of sp³-hybridized carbons (Fsp3) is 0. The Labute approximate surface area is 70.9 Å². The van der Waals surface area contributed by atoms with E-state index in [-0.39, 0.29) is 5.69 Å². The number of hydrogen-bond acceptors (Lipinski definition) is 5. The molecule has 1 amide bonds. The Balaban J connectivity index is 2.52. The van der Waals surface area contributed by atoms with Crippen molar-refractivity contribution in [3.8, 4) is 0 Å². The van der Waals surface area contributed by atoms with Gasteiger partial charge in [0.15, 0.2) is 11.3 Å². The molecule has 0 spiro atoms. The van der Waals surface area contributed by atoms with Gasteiger partial charge in [-0.15, -0.1) is 20.4 Å². The van der Waals surface area contributed by atoms with Crippen LogP contribution in [-0.2, 0) is 0 Å². The van der Waals surface area contributed by atoms with Crippen molar-refractivity contribution in [2.24, 2.45) is 10.2 Å². The fourth-order valence-corrected chi connectivity index (χ4v) is 1.19. The second-order valence-corrected chi connectivity index (χ2v) is 2.53. The van der Waals surface area contributed by atoms with E-state index in [0.29, 0.717) is 16.7 Å². The highest BCUT2D eigenvalue weighted by Crippen LogP contribution is 2.30. The zero-order chi connectivity index (χ0) is 8.84. The zero-order valence-electron chi connectivity index (χ0n) is 6.22. The van der Waals surface area contributed by atoms with E-state index in [4.69, 9.17) is 0 Å². The van der Waals surface area contributed by atoms with E-state index in [2.05, 4.69) is 30.6 Å². The molecule has 2 aromatic heterocycles. The van der Waals surface area contributed by atoms with Crippen LogP contribution in [0.5, 0.6) is 0 Å². The van der Waals surface area contributed by atoms with Crippen LogP contribution in [0.25, 0.3) is 11.0 Å². The van der Waals surface area contributed by atoms with E-state index >= 15 is 0 Å². The Kier molecular flexibility index (Phi) is 0.950. The van der Waals surface area contributed by atoms with Gasteiger partial charge in [-0.25, -0.2) is 0 Å². The fourth-order valence-electron chi connectivity index (χ4n) is 1.19. The highest BCUT2D eigenvalue weighted by molar-refractivity contribution is 6.06. The molecule has 0 radical (unpaired) electrons. The lowest BCUT2D eigenvalue weighted by molar-refractivity contribution is 0.0997. The highest BCUT2D eigenvalue weighted by Gasteiger charge is 2.23. The molecule has 0 saturated carbocycles. The summed E-state index contributed by atoms with van der Waals surface area (Å²) in [5.74, 6) is -0.453. The Morgan fingerprint density at radius 3 is 3.08 bits per heavy atom. The number of nitrogens with one attached hydrogen (secondary N) is 1. The minimum Gasteiger partial charge on any atom is -0.263 e. The standard InChI is InChI=1S/C6H2N6O/c13-6-4-3(8-12-6)2-1-7-10-5(2)11-9-4/h1H,(H,7,10,11). The summed E-state index contributed by atoms with van der Waals surface area (Å²) >= 11 is 0. The van der Waals surface area contributed by atoms with Crippen molar-refractivity contribution >= 4 is 22.6 Å². The lowest BCUT2D eigenvalue weighted by Gasteiger charge is -1.90. The Bertz CT molecular complexity index is 541. The number of carbonyl (C=O) groups excluding carboxylic acids is 1. The van der Waals surface area contributed by atoms with Crippen LogP contribution >= 0.6 is 0 Å². The van der Waals surface area contributed by atoms with Gasteiger partial charge in [0, 0.05) is 0 Å². The third kappa shape index (κ3) is 0.675. The summed E-state index contributed by atoms with van der Waals surface area (Å²) in [7, 11) is 0. The molecule has 0 bridgehead atoms. The van der Waals surface area contributed by atoms with Crippen molar-refractivity contribution in [1.82, 2.24) is 20.4 Å². The Hall–Kier alpha value is -2.18. The quantitative estimate of drug-likeness (QED) is 0.632. The van der Waals surface area contributed by atoms with Crippen molar-refractivity contribution < 1.29 is 4.79 Å². The first kappa shape index (κ1) is 6.35. The molecule has 1 aliphatic heterocycles. The van der Waals surface area contributed by atoms with E-state index in [9.17, 15) is 4.79 Å². The minimum absolute atomic E-state index is 0.189. The lowest BCUT2D eigenvalue weighted by atomic mass is 10.2. The molecule has 0 saturated heterocycles. The van der Waals surface area contributed by atoms with Crippen LogP contribution in [-0.4, -0.2) is 26.3 Å². The maximum absolute atomic E-state index is 11.0. The van der Waals surface area contributed by atoms with Gasteiger partial charge in [0.25, 0.3) is 0 Å². The van der Waals surface area contributed by atoms with Crippen LogP contribution < -0.4 is 0 Å². The maximum Gasteiger partial charge on any atom is 0.318 e. The van der Waals surface area contributed by atoms with Crippen molar-refractivity contribution in [3.05, 3.63) is 11.9 Å². The van der Waals surface area contributed by atoms with Crippen LogP contribution in [0.3, 0.4) is 0 Å². The molecule has 0 aliphatic carbocycles. The second-order valence-electron chi connectivity index (χ2n) is 2.53. The monoisotopic (exact) mass is 174 g/mol. The predicted molar refractivity (Wildman–Crippen MR) is 40.5 cm³/mol. The van der Waals surface area contributed by atoms with E-state index in [0.717, 1.165) is 0 Å². The molecule has 0 atom stereocenters. The molecule has 0 unspecified atom stereocenters. The molecule has 1 aliphatic rings. The Morgan fingerprint density at radius 2 is 2.15 bits per heavy atom. The van der Waals surface area contributed by atoms with Gasteiger partial charge in [-0.05, 0) is 0 Å². The van der Waals surface area contributed by atoms with Crippen LogP contribution in [0.15, 0.2) is 16.4 Å². The van der Waals surface area contributed by atoms with Crippen LogP contribution in [0.2, 0.25) is 0 Å². The van der Waals surface area contributed by atoms with Crippen LogP contribution in [0.4, 0.5) is 5.69 Å². The topological polar surface area (TPSA) is 96.2 Å². The van der Waals surface area contributed by atoms with Crippen molar-refractivity contribution in [3.63, 3.8) is 0 Å². The Morgan fingerprint density at radius 1 is 1.23 bits per heavy atom. The minimum atomic E-state index is -0.453. The van der Waals surface area contributed by atoms with Crippen LogP contribution in [0, 0.1) is 0 Å². The average Bonchev–Trinajstić information content (AvgIpc) is 2.70. The molecule has 0 aromatic carbocycles. The van der Waals surface area contributed by atoms with E-state index in [1.807, 2.05) is 0 Å². The van der Waals surface area contributed by atoms with Gasteiger partial charge in [0.1, 0.15) is 5.69 Å². The summed E-state index contributed by atoms with van der Waals surface area (Å²) in [4.78, 5) is 11.0. The second kappa shape index (κ2) is 1.94. The van der Waals surface area contributed by atoms with Gasteiger partial charge in [0.2, 0.25) is 0 Å². The first-order valence-corrected chi connectivity index (χ1v) is 3.52. The number of hydrogen-bond donors (Lipinski definition) is 1. The largest absolute Gasteiger partial charge is 0.318 e. The number of carbonyl (C=O) groups is 1. The molecule has 62 valence electrons. The van der Waals surface area contributed by atoms with Gasteiger partial charge in [-0.3, -0.25) is 9.89 Å². The molecule has 2 aromatic rings. The first-order valence-electron chi connectivity index (χ1n) is 3.52. The molecule has 0 fully saturated rings.